The van der Waals surface area contributed by atoms with Gasteiger partial charge < -0.3 is 10.6 Å². The summed E-state index contributed by atoms with van der Waals surface area (Å²) in [5.74, 6) is 0. The lowest BCUT2D eigenvalue weighted by Gasteiger charge is -2.13. The molecule has 8 heteroatoms. The van der Waals surface area contributed by atoms with Gasteiger partial charge in [0.15, 0.2) is 0 Å². The molecule has 0 saturated heterocycles. The van der Waals surface area contributed by atoms with Crippen molar-refractivity contribution in [1.82, 2.24) is 15.4 Å². The molecule has 1 atom stereocenters. The highest BCUT2D eigenvalue weighted by molar-refractivity contribution is 7.88. The van der Waals surface area contributed by atoms with Crippen LogP contribution in [-0.2, 0) is 10.0 Å². The van der Waals surface area contributed by atoms with Gasteiger partial charge >= 0.3 is 6.03 Å². The molecule has 0 aromatic carbocycles. The van der Waals surface area contributed by atoms with Crippen molar-refractivity contribution in [3.8, 4) is 0 Å². The molecule has 102 valence electrons. The average molecular weight is 291 g/mol. The van der Waals surface area contributed by atoms with Crippen molar-refractivity contribution >= 4 is 27.4 Å². The summed E-state index contributed by atoms with van der Waals surface area (Å²) in [5.41, 5.74) is 1.05. The van der Waals surface area contributed by atoms with E-state index < -0.39 is 10.0 Å². The molecule has 0 fully saturated rings. The Balaban J connectivity index is 2.22. The quantitative estimate of drug-likeness (QED) is 0.673. The second-order valence-corrected chi connectivity index (χ2v) is 6.46. The predicted molar refractivity (Wildman–Crippen MR) is 72.1 cm³/mol. The topological polar surface area (TPSA) is 87.3 Å². The number of hydrogen-bond acceptors (Lipinski definition) is 4. The third kappa shape index (κ3) is 5.99. The maximum Gasteiger partial charge on any atom is 0.315 e. The van der Waals surface area contributed by atoms with Crippen molar-refractivity contribution in [2.45, 2.75) is 13.0 Å². The molecule has 18 heavy (non-hydrogen) atoms. The minimum Gasteiger partial charge on any atom is -0.337 e. The highest BCUT2D eigenvalue weighted by Gasteiger charge is 2.09. The van der Waals surface area contributed by atoms with Gasteiger partial charge in [-0.05, 0) is 29.3 Å². The first-order valence-corrected chi connectivity index (χ1v) is 8.23. The molecule has 0 aliphatic rings. The molecule has 1 rings (SSSR count). The van der Waals surface area contributed by atoms with E-state index in [1.165, 1.54) is 0 Å². The Kier molecular flexibility index (Phi) is 5.57. The minimum absolute atomic E-state index is 0.0703. The summed E-state index contributed by atoms with van der Waals surface area (Å²) in [5, 5.41) is 9.25. The standard InChI is InChI=1S/C10H17N3O3S2/c1-8(9-3-6-17-7-9)13-10(14)11-4-5-12-18(2,15)16/h3,6-8,12H,4-5H2,1-2H3,(H2,11,13,14)/t8-/m0/s1. The lowest BCUT2D eigenvalue weighted by Crippen LogP contribution is -2.40. The molecule has 0 spiro atoms. The number of urea groups is 1. The molecule has 0 unspecified atom stereocenters. The van der Waals surface area contributed by atoms with Gasteiger partial charge in [0, 0.05) is 13.1 Å². The van der Waals surface area contributed by atoms with Crippen molar-refractivity contribution in [3.05, 3.63) is 22.4 Å². The first kappa shape index (κ1) is 14.9. The summed E-state index contributed by atoms with van der Waals surface area (Å²) < 4.78 is 23.8. The normalized spacial score (nSPS) is 13.0. The zero-order valence-electron chi connectivity index (χ0n) is 10.3. The Morgan fingerprint density at radius 1 is 1.44 bits per heavy atom. The van der Waals surface area contributed by atoms with E-state index in [2.05, 4.69) is 15.4 Å². The van der Waals surface area contributed by atoms with Crippen molar-refractivity contribution < 1.29 is 13.2 Å². The largest absolute Gasteiger partial charge is 0.337 e. The van der Waals surface area contributed by atoms with Crippen LogP contribution in [0.5, 0.6) is 0 Å². The maximum absolute atomic E-state index is 11.5. The van der Waals surface area contributed by atoms with E-state index in [-0.39, 0.29) is 25.2 Å². The van der Waals surface area contributed by atoms with Gasteiger partial charge in [-0.15, -0.1) is 0 Å². The molecule has 0 aliphatic carbocycles. The third-order valence-electron chi connectivity index (χ3n) is 2.17. The van der Waals surface area contributed by atoms with Crippen LogP contribution >= 0.6 is 11.3 Å². The van der Waals surface area contributed by atoms with Crippen molar-refractivity contribution in [1.29, 1.82) is 0 Å². The summed E-state index contributed by atoms with van der Waals surface area (Å²) in [6.45, 7) is 2.31. The van der Waals surface area contributed by atoms with Gasteiger partial charge in [-0.1, -0.05) is 0 Å². The van der Waals surface area contributed by atoms with Gasteiger partial charge in [-0.3, -0.25) is 0 Å². The minimum atomic E-state index is -3.20. The van der Waals surface area contributed by atoms with E-state index in [9.17, 15) is 13.2 Å². The third-order valence-corrected chi connectivity index (χ3v) is 3.60. The number of hydrogen-bond donors (Lipinski definition) is 3. The van der Waals surface area contributed by atoms with Gasteiger partial charge in [-0.25, -0.2) is 17.9 Å². The summed E-state index contributed by atoms with van der Waals surface area (Å²) in [6.07, 6.45) is 1.08. The number of carbonyl (C=O) groups is 1. The molecular formula is C10H17N3O3S2. The first-order chi connectivity index (χ1) is 8.38. The number of sulfonamides is 1. The van der Waals surface area contributed by atoms with Gasteiger partial charge in [-0.2, -0.15) is 11.3 Å². The molecule has 0 bridgehead atoms. The highest BCUT2D eigenvalue weighted by atomic mass is 32.2. The van der Waals surface area contributed by atoms with Crippen LogP contribution in [-0.4, -0.2) is 33.8 Å². The van der Waals surface area contributed by atoms with Crippen LogP contribution in [0.15, 0.2) is 16.8 Å². The smallest absolute Gasteiger partial charge is 0.315 e. The van der Waals surface area contributed by atoms with Gasteiger partial charge in [0.1, 0.15) is 0 Å². The monoisotopic (exact) mass is 291 g/mol. The second-order valence-electron chi connectivity index (χ2n) is 3.85. The number of nitrogens with one attached hydrogen (secondary N) is 3. The summed E-state index contributed by atoms with van der Waals surface area (Å²) in [7, 11) is -3.20. The number of thiophene rings is 1. The predicted octanol–water partition coefficient (Wildman–Crippen LogP) is 0.657. The fraction of sp³-hybridized carbons (Fsp3) is 0.500. The highest BCUT2D eigenvalue weighted by Crippen LogP contribution is 2.14. The van der Waals surface area contributed by atoms with Crippen LogP contribution in [0.25, 0.3) is 0 Å². The van der Waals surface area contributed by atoms with Gasteiger partial charge in [0.25, 0.3) is 0 Å². The van der Waals surface area contributed by atoms with Crippen LogP contribution in [0.3, 0.4) is 0 Å². The zero-order valence-corrected chi connectivity index (χ0v) is 11.9. The van der Waals surface area contributed by atoms with E-state index >= 15 is 0 Å². The molecule has 1 heterocycles. The van der Waals surface area contributed by atoms with E-state index in [1.54, 1.807) is 11.3 Å². The molecule has 2 amide bonds. The Hall–Kier alpha value is -1.12. The van der Waals surface area contributed by atoms with Gasteiger partial charge in [0.05, 0.1) is 12.3 Å². The summed E-state index contributed by atoms with van der Waals surface area (Å²) in [6, 6.07) is 1.56. The van der Waals surface area contributed by atoms with Crippen LogP contribution in [0.1, 0.15) is 18.5 Å². The number of rotatable bonds is 6. The molecule has 1 aromatic heterocycles. The lowest BCUT2D eigenvalue weighted by molar-refractivity contribution is 0.238. The van der Waals surface area contributed by atoms with E-state index in [0.717, 1.165) is 11.8 Å². The zero-order chi connectivity index (χ0) is 13.6. The van der Waals surface area contributed by atoms with Crippen molar-refractivity contribution in [2.75, 3.05) is 19.3 Å². The van der Waals surface area contributed by atoms with Gasteiger partial charge in [0.2, 0.25) is 10.0 Å². The van der Waals surface area contributed by atoms with Crippen LogP contribution in [0.2, 0.25) is 0 Å². The molecule has 3 N–H and O–H groups in total. The van der Waals surface area contributed by atoms with Crippen LogP contribution in [0.4, 0.5) is 4.79 Å². The Morgan fingerprint density at radius 3 is 2.72 bits per heavy atom. The van der Waals surface area contributed by atoms with Crippen molar-refractivity contribution in [2.24, 2.45) is 0 Å². The average Bonchev–Trinajstić information content (AvgIpc) is 2.76. The first-order valence-electron chi connectivity index (χ1n) is 5.39. The van der Waals surface area contributed by atoms with Crippen molar-refractivity contribution in [3.63, 3.8) is 0 Å². The molecule has 6 nitrogen and oxygen atoms in total. The van der Waals surface area contributed by atoms with E-state index in [4.69, 9.17) is 0 Å². The number of amides is 2. The fourth-order valence-electron chi connectivity index (χ4n) is 1.26. The molecule has 0 saturated carbocycles. The lowest BCUT2D eigenvalue weighted by atomic mass is 10.2. The van der Waals surface area contributed by atoms with E-state index in [0.29, 0.717) is 0 Å². The second kappa shape index (κ2) is 6.72. The Morgan fingerprint density at radius 2 is 2.17 bits per heavy atom. The Labute approximate surface area is 111 Å². The summed E-state index contributed by atoms with van der Waals surface area (Å²) in [4.78, 5) is 11.5. The SMILES string of the molecule is C[C@H](NC(=O)NCCNS(C)(=O)=O)c1ccsc1. The van der Waals surface area contributed by atoms with E-state index in [1.807, 2.05) is 23.8 Å². The molecule has 0 aliphatic heterocycles. The summed E-state index contributed by atoms with van der Waals surface area (Å²) >= 11 is 1.57. The maximum atomic E-state index is 11.5. The molecule has 0 radical (unpaired) electrons. The van der Waals surface area contributed by atoms with Crippen LogP contribution in [0, 0.1) is 0 Å². The van der Waals surface area contributed by atoms with Crippen LogP contribution < -0.4 is 15.4 Å². The molecule has 1 aromatic rings. The Bertz CT molecular complexity index is 471. The fourth-order valence-corrected chi connectivity index (χ4v) is 2.49. The number of carbonyl (C=O) groups excluding carboxylic acids is 1. The molecular weight excluding hydrogens is 274 g/mol.